The van der Waals surface area contributed by atoms with E-state index >= 15 is 0 Å². The first kappa shape index (κ1) is 14.2. The summed E-state index contributed by atoms with van der Waals surface area (Å²) in [7, 11) is 0. The molecule has 0 fully saturated rings. The molecule has 19 heavy (non-hydrogen) atoms. The van der Waals surface area contributed by atoms with Gasteiger partial charge in [0, 0.05) is 11.4 Å². The minimum Gasteiger partial charge on any atom is -0.335 e. The number of rotatable bonds is 1. The minimum absolute atomic E-state index is 0.217. The van der Waals surface area contributed by atoms with Gasteiger partial charge in [-0.25, -0.2) is 0 Å². The lowest BCUT2D eigenvalue weighted by Gasteiger charge is -2.19. The highest BCUT2D eigenvalue weighted by Gasteiger charge is 2.30. The first-order valence-electron chi connectivity index (χ1n) is 6.02. The predicted molar refractivity (Wildman–Crippen MR) is 73.8 cm³/mol. The SMILES string of the molecule is Cc1ccc(C(F)(F)F)cc1NC1=NC(C)CCS1. The smallest absolute Gasteiger partial charge is 0.335 e. The van der Waals surface area contributed by atoms with E-state index in [-0.39, 0.29) is 6.04 Å². The fourth-order valence-corrected chi connectivity index (χ4v) is 2.83. The summed E-state index contributed by atoms with van der Waals surface area (Å²) in [6.07, 6.45) is -3.32. The van der Waals surface area contributed by atoms with Gasteiger partial charge in [0.05, 0.1) is 11.6 Å². The van der Waals surface area contributed by atoms with Crippen LogP contribution in [-0.4, -0.2) is 17.0 Å². The number of nitrogens with one attached hydrogen (secondary N) is 1. The van der Waals surface area contributed by atoms with Crippen LogP contribution in [0.25, 0.3) is 0 Å². The molecule has 2 rings (SSSR count). The fraction of sp³-hybridized carbons (Fsp3) is 0.462. The summed E-state index contributed by atoms with van der Waals surface area (Å²) in [5, 5.41) is 3.70. The van der Waals surface area contributed by atoms with Crippen molar-refractivity contribution in [3.05, 3.63) is 29.3 Å². The maximum atomic E-state index is 12.7. The van der Waals surface area contributed by atoms with Crippen LogP contribution < -0.4 is 5.32 Å². The van der Waals surface area contributed by atoms with Crippen molar-refractivity contribution >= 4 is 22.6 Å². The minimum atomic E-state index is -4.32. The van der Waals surface area contributed by atoms with Gasteiger partial charge in [-0.05, 0) is 38.0 Å². The lowest BCUT2D eigenvalue weighted by molar-refractivity contribution is -0.137. The Labute approximate surface area is 114 Å². The number of amidine groups is 1. The van der Waals surface area contributed by atoms with Gasteiger partial charge in [-0.2, -0.15) is 13.2 Å². The normalized spacial score (nSPS) is 20.1. The predicted octanol–water partition coefficient (Wildman–Crippen LogP) is 4.31. The summed E-state index contributed by atoms with van der Waals surface area (Å²) >= 11 is 1.54. The summed E-state index contributed by atoms with van der Waals surface area (Å²) in [6, 6.07) is 3.93. The van der Waals surface area contributed by atoms with E-state index in [9.17, 15) is 13.2 Å². The third-order valence-corrected chi connectivity index (χ3v) is 3.84. The Morgan fingerprint density at radius 1 is 1.37 bits per heavy atom. The van der Waals surface area contributed by atoms with Crippen molar-refractivity contribution in [2.75, 3.05) is 11.1 Å². The molecule has 2 nitrogen and oxygen atoms in total. The van der Waals surface area contributed by atoms with Crippen molar-refractivity contribution in [2.24, 2.45) is 4.99 Å². The topological polar surface area (TPSA) is 24.4 Å². The molecule has 0 spiro atoms. The zero-order chi connectivity index (χ0) is 14.0. The third kappa shape index (κ3) is 3.65. The van der Waals surface area contributed by atoms with Crippen LogP contribution >= 0.6 is 11.8 Å². The van der Waals surface area contributed by atoms with Crippen LogP contribution in [0.2, 0.25) is 0 Å². The van der Waals surface area contributed by atoms with Crippen molar-refractivity contribution in [2.45, 2.75) is 32.5 Å². The number of alkyl halides is 3. The molecule has 1 aromatic carbocycles. The highest BCUT2D eigenvalue weighted by atomic mass is 32.2. The van der Waals surface area contributed by atoms with Gasteiger partial charge >= 0.3 is 6.18 Å². The van der Waals surface area contributed by atoms with E-state index in [0.717, 1.165) is 29.9 Å². The Bertz CT molecular complexity index is 497. The number of aryl methyl sites for hydroxylation is 1. The molecule has 1 N–H and O–H groups in total. The van der Waals surface area contributed by atoms with Gasteiger partial charge in [0.25, 0.3) is 0 Å². The summed E-state index contributed by atoms with van der Waals surface area (Å²) in [5.74, 6) is 0.936. The molecule has 1 unspecified atom stereocenters. The molecular weight excluding hydrogens is 273 g/mol. The molecule has 1 atom stereocenters. The second-order valence-corrected chi connectivity index (χ2v) is 5.66. The number of hydrogen-bond donors (Lipinski definition) is 1. The molecule has 0 aromatic heterocycles. The van der Waals surface area contributed by atoms with E-state index in [1.165, 1.54) is 6.07 Å². The number of anilines is 1. The van der Waals surface area contributed by atoms with Gasteiger partial charge in [0.15, 0.2) is 5.17 Å². The number of aliphatic imine (C=N–C) groups is 1. The van der Waals surface area contributed by atoms with Crippen molar-refractivity contribution < 1.29 is 13.2 Å². The summed E-state index contributed by atoms with van der Waals surface area (Å²) in [4.78, 5) is 4.40. The maximum absolute atomic E-state index is 12.7. The second-order valence-electron chi connectivity index (χ2n) is 4.57. The molecule has 0 amide bonds. The molecule has 0 saturated heterocycles. The zero-order valence-corrected chi connectivity index (χ0v) is 11.5. The number of benzene rings is 1. The molecule has 1 aromatic rings. The van der Waals surface area contributed by atoms with Crippen molar-refractivity contribution in [1.82, 2.24) is 0 Å². The van der Waals surface area contributed by atoms with E-state index < -0.39 is 11.7 Å². The van der Waals surface area contributed by atoms with Gasteiger partial charge in [0.2, 0.25) is 0 Å². The number of halogens is 3. The quantitative estimate of drug-likeness (QED) is 0.833. The molecule has 0 aliphatic carbocycles. The van der Waals surface area contributed by atoms with E-state index in [4.69, 9.17) is 0 Å². The maximum Gasteiger partial charge on any atom is 0.416 e. The Kier molecular flexibility index (Phi) is 4.08. The molecule has 1 aliphatic rings. The fourth-order valence-electron chi connectivity index (χ4n) is 1.74. The van der Waals surface area contributed by atoms with E-state index in [1.807, 2.05) is 6.92 Å². The van der Waals surface area contributed by atoms with Gasteiger partial charge in [-0.15, -0.1) is 0 Å². The van der Waals surface area contributed by atoms with Crippen LogP contribution in [0.5, 0.6) is 0 Å². The van der Waals surface area contributed by atoms with Crippen LogP contribution in [0, 0.1) is 6.92 Å². The Balaban J connectivity index is 2.24. The summed E-state index contributed by atoms with van der Waals surface area (Å²) < 4.78 is 38.0. The molecule has 0 radical (unpaired) electrons. The monoisotopic (exact) mass is 288 g/mol. The lowest BCUT2D eigenvalue weighted by atomic mass is 10.1. The van der Waals surface area contributed by atoms with E-state index in [0.29, 0.717) is 10.9 Å². The first-order valence-corrected chi connectivity index (χ1v) is 7.00. The lowest BCUT2D eigenvalue weighted by Crippen LogP contribution is -2.19. The van der Waals surface area contributed by atoms with Gasteiger partial charge in [0.1, 0.15) is 0 Å². The number of thioether (sulfide) groups is 1. The van der Waals surface area contributed by atoms with E-state index in [2.05, 4.69) is 10.3 Å². The van der Waals surface area contributed by atoms with Crippen LogP contribution in [0.1, 0.15) is 24.5 Å². The Morgan fingerprint density at radius 2 is 2.11 bits per heavy atom. The molecule has 0 bridgehead atoms. The third-order valence-electron chi connectivity index (χ3n) is 2.92. The van der Waals surface area contributed by atoms with Crippen LogP contribution in [0.4, 0.5) is 18.9 Å². The Hall–Kier alpha value is -1.17. The van der Waals surface area contributed by atoms with Crippen LogP contribution in [-0.2, 0) is 6.18 Å². The molecule has 104 valence electrons. The Morgan fingerprint density at radius 3 is 2.74 bits per heavy atom. The van der Waals surface area contributed by atoms with Gasteiger partial charge in [-0.3, -0.25) is 4.99 Å². The van der Waals surface area contributed by atoms with Crippen LogP contribution in [0.3, 0.4) is 0 Å². The van der Waals surface area contributed by atoms with Gasteiger partial charge < -0.3 is 5.32 Å². The van der Waals surface area contributed by atoms with Crippen molar-refractivity contribution in [1.29, 1.82) is 0 Å². The molecule has 1 aliphatic heterocycles. The highest BCUT2D eigenvalue weighted by molar-refractivity contribution is 8.14. The molecular formula is C13H15F3N2S. The number of hydrogen-bond acceptors (Lipinski definition) is 3. The first-order chi connectivity index (χ1) is 8.86. The van der Waals surface area contributed by atoms with E-state index in [1.54, 1.807) is 18.7 Å². The molecule has 0 saturated carbocycles. The van der Waals surface area contributed by atoms with Gasteiger partial charge in [-0.1, -0.05) is 17.8 Å². The average molecular weight is 288 g/mol. The standard InChI is InChI=1S/C13H15F3N2S/c1-8-3-4-10(13(14,15)16)7-11(8)18-12-17-9(2)5-6-19-12/h3-4,7,9H,5-6H2,1-2H3,(H,17,18). The summed E-state index contributed by atoms with van der Waals surface area (Å²) in [6.45, 7) is 3.78. The largest absolute Gasteiger partial charge is 0.416 e. The molecule has 1 heterocycles. The zero-order valence-electron chi connectivity index (χ0n) is 10.7. The van der Waals surface area contributed by atoms with Crippen LogP contribution in [0.15, 0.2) is 23.2 Å². The van der Waals surface area contributed by atoms with Crippen molar-refractivity contribution in [3.63, 3.8) is 0 Å². The second kappa shape index (κ2) is 5.45. The average Bonchev–Trinajstić information content (AvgIpc) is 2.30. The van der Waals surface area contributed by atoms with Crippen molar-refractivity contribution in [3.8, 4) is 0 Å². The highest BCUT2D eigenvalue weighted by Crippen LogP contribution is 2.32. The molecule has 6 heteroatoms. The summed E-state index contributed by atoms with van der Waals surface area (Å²) in [5.41, 5.74) is 0.597. The number of nitrogens with zero attached hydrogens (tertiary/aromatic N) is 1.